The van der Waals surface area contributed by atoms with Crippen LogP contribution in [0.5, 0.6) is 0 Å². The number of hydrogen-bond donors (Lipinski definition) is 1. The van der Waals surface area contributed by atoms with Crippen LogP contribution in [0, 0.1) is 5.92 Å². The molecule has 0 heterocycles. The second kappa shape index (κ2) is 9.12. The van der Waals surface area contributed by atoms with Gasteiger partial charge in [-0.3, -0.25) is 0 Å². The second-order valence-electron chi connectivity index (χ2n) is 5.14. The van der Waals surface area contributed by atoms with Crippen molar-refractivity contribution in [2.45, 2.75) is 39.2 Å². The zero-order chi connectivity index (χ0) is 13.2. The Bertz CT molecular complexity index is 297. The van der Waals surface area contributed by atoms with E-state index < -0.39 is 0 Å². The molecular weight excluding hydrogens is 222 g/mol. The van der Waals surface area contributed by atoms with E-state index in [4.69, 9.17) is 4.74 Å². The first-order chi connectivity index (χ1) is 8.75. The molecule has 1 aromatic rings. The van der Waals surface area contributed by atoms with Crippen LogP contribution in [0.4, 0.5) is 0 Å². The molecule has 0 aliphatic carbocycles. The number of hydrogen-bond acceptors (Lipinski definition) is 2. The smallest absolute Gasteiger partial charge is 0.0462 e. The summed E-state index contributed by atoms with van der Waals surface area (Å²) in [5.41, 5.74) is 1.39. The lowest BCUT2D eigenvalue weighted by atomic mass is 9.96. The topological polar surface area (TPSA) is 21.3 Å². The third kappa shape index (κ3) is 5.65. The van der Waals surface area contributed by atoms with Crippen LogP contribution in [0.25, 0.3) is 0 Å². The van der Waals surface area contributed by atoms with Crippen molar-refractivity contribution in [3.8, 4) is 0 Å². The molecule has 18 heavy (non-hydrogen) atoms. The van der Waals surface area contributed by atoms with Gasteiger partial charge in [-0.1, -0.05) is 44.2 Å². The molecule has 1 unspecified atom stereocenters. The highest BCUT2D eigenvalue weighted by molar-refractivity contribution is 5.19. The fourth-order valence-electron chi connectivity index (χ4n) is 2.20. The first-order valence-electron chi connectivity index (χ1n) is 7.03. The molecule has 1 atom stereocenters. The van der Waals surface area contributed by atoms with Crippen LogP contribution < -0.4 is 5.32 Å². The molecule has 2 heteroatoms. The minimum atomic E-state index is 0.466. The van der Waals surface area contributed by atoms with Crippen LogP contribution in [-0.4, -0.2) is 20.3 Å². The van der Waals surface area contributed by atoms with Gasteiger partial charge in [-0.05, 0) is 37.3 Å². The monoisotopic (exact) mass is 249 g/mol. The Morgan fingerprint density at radius 2 is 1.78 bits per heavy atom. The SMILES string of the molecule is COCCCCCNC(c1ccccc1)C(C)C. The number of nitrogens with one attached hydrogen (secondary N) is 1. The second-order valence-corrected chi connectivity index (χ2v) is 5.14. The molecule has 0 fully saturated rings. The first-order valence-corrected chi connectivity index (χ1v) is 7.03. The van der Waals surface area contributed by atoms with Crippen LogP contribution >= 0.6 is 0 Å². The average Bonchev–Trinajstić information content (AvgIpc) is 2.38. The van der Waals surface area contributed by atoms with Gasteiger partial charge >= 0.3 is 0 Å². The highest BCUT2D eigenvalue weighted by Crippen LogP contribution is 2.21. The van der Waals surface area contributed by atoms with E-state index >= 15 is 0 Å². The highest BCUT2D eigenvalue weighted by atomic mass is 16.5. The molecule has 102 valence electrons. The standard InChI is InChI=1S/C16H27NO/c1-14(2)16(15-10-6-4-7-11-15)17-12-8-5-9-13-18-3/h4,6-7,10-11,14,16-17H,5,8-9,12-13H2,1-3H3. The van der Waals surface area contributed by atoms with E-state index in [0.717, 1.165) is 19.6 Å². The van der Waals surface area contributed by atoms with Gasteiger partial charge in [-0.2, -0.15) is 0 Å². The number of rotatable bonds is 9. The Kier molecular flexibility index (Phi) is 7.70. The quantitative estimate of drug-likeness (QED) is 0.672. The van der Waals surface area contributed by atoms with Crippen LogP contribution in [0.15, 0.2) is 30.3 Å². The number of ether oxygens (including phenoxy) is 1. The molecular formula is C16H27NO. The fraction of sp³-hybridized carbons (Fsp3) is 0.625. The Morgan fingerprint density at radius 1 is 1.06 bits per heavy atom. The van der Waals surface area contributed by atoms with Crippen LogP contribution in [-0.2, 0) is 4.74 Å². The van der Waals surface area contributed by atoms with E-state index in [-0.39, 0.29) is 0 Å². The predicted octanol–water partition coefficient (Wildman–Crippen LogP) is 3.79. The normalized spacial score (nSPS) is 12.9. The lowest BCUT2D eigenvalue weighted by molar-refractivity contribution is 0.192. The van der Waals surface area contributed by atoms with E-state index in [9.17, 15) is 0 Å². The Balaban J connectivity index is 2.31. The van der Waals surface area contributed by atoms with Gasteiger partial charge < -0.3 is 10.1 Å². The van der Waals surface area contributed by atoms with E-state index in [1.54, 1.807) is 7.11 Å². The van der Waals surface area contributed by atoms with Gasteiger partial charge in [0, 0.05) is 19.8 Å². The summed E-state index contributed by atoms with van der Waals surface area (Å²) < 4.78 is 5.06. The summed E-state index contributed by atoms with van der Waals surface area (Å²) in [5, 5.41) is 3.67. The van der Waals surface area contributed by atoms with E-state index in [0.29, 0.717) is 12.0 Å². The minimum absolute atomic E-state index is 0.466. The molecule has 0 radical (unpaired) electrons. The van der Waals surface area contributed by atoms with Crippen molar-refractivity contribution >= 4 is 0 Å². The van der Waals surface area contributed by atoms with Gasteiger partial charge in [0.15, 0.2) is 0 Å². The van der Waals surface area contributed by atoms with Gasteiger partial charge in [0.05, 0.1) is 0 Å². The van der Waals surface area contributed by atoms with Crippen molar-refractivity contribution in [2.75, 3.05) is 20.3 Å². The predicted molar refractivity (Wildman–Crippen MR) is 77.8 cm³/mol. The maximum absolute atomic E-state index is 5.06. The van der Waals surface area contributed by atoms with Crippen LogP contribution in [0.3, 0.4) is 0 Å². The Labute approximate surface area is 112 Å². The molecule has 0 aliphatic rings. The molecule has 0 bridgehead atoms. The summed E-state index contributed by atoms with van der Waals surface area (Å²) >= 11 is 0. The lowest BCUT2D eigenvalue weighted by Crippen LogP contribution is -2.26. The van der Waals surface area contributed by atoms with Crippen molar-refractivity contribution in [3.63, 3.8) is 0 Å². The third-order valence-electron chi connectivity index (χ3n) is 3.21. The van der Waals surface area contributed by atoms with Crippen molar-refractivity contribution in [1.29, 1.82) is 0 Å². The van der Waals surface area contributed by atoms with Gasteiger partial charge in [0.25, 0.3) is 0 Å². The van der Waals surface area contributed by atoms with E-state index in [1.165, 1.54) is 18.4 Å². The van der Waals surface area contributed by atoms with Crippen LogP contribution in [0.1, 0.15) is 44.7 Å². The fourth-order valence-corrected chi connectivity index (χ4v) is 2.20. The Hall–Kier alpha value is -0.860. The minimum Gasteiger partial charge on any atom is -0.385 e. The summed E-state index contributed by atoms with van der Waals surface area (Å²) in [6.45, 7) is 6.51. The van der Waals surface area contributed by atoms with Crippen molar-refractivity contribution in [3.05, 3.63) is 35.9 Å². The number of benzene rings is 1. The molecule has 2 nitrogen and oxygen atoms in total. The van der Waals surface area contributed by atoms with Gasteiger partial charge in [-0.25, -0.2) is 0 Å². The van der Waals surface area contributed by atoms with E-state index in [1.807, 2.05) is 0 Å². The lowest BCUT2D eigenvalue weighted by Gasteiger charge is -2.23. The van der Waals surface area contributed by atoms with E-state index in [2.05, 4.69) is 49.5 Å². The maximum Gasteiger partial charge on any atom is 0.0462 e. The molecule has 1 aromatic carbocycles. The summed E-state index contributed by atoms with van der Waals surface area (Å²) in [7, 11) is 1.77. The molecule has 0 amide bonds. The molecule has 0 saturated heterocycles. The molecule has 1 rings (SSSR count). The van der Waals surface area contributed by atoms with Gasteiger partial charge in [0.1, 0.15) is 0 Å². The molecule has 0 aromatic heterocycles. The molecule has 1 N–H and O–H groups in total. The van der Waals surface area contributed by atoms with Crippen molar-refractivity contribution in [1.82, 2.24) is 5.32 Å². The number of unbranched alkanes of at least 4 members (excludes halogenated alkanes) is 2. The summed E-state index contributed by atoms with van der Waals surface area (Å²) in [6.07, 6.45) is 3.62. The summed E-state index contributed by atoms with van der Waals surface area (Å²) in [5.74, 6) is 0.617. The Morgan fingerprint density at radius 3 is 2.39 bits per heavy atom. The first kappa shape index (κ1) is 15.2. The third-order valence-corrected chi connectivity index (χ3v) is 3.21. The summed E-state index contributed by atoms with van der Waals surface area (Å²) in [6, 6.07) is 11.2. The van der Waals surface area contributed by atoms with Gasteiger partial charge in [0.2, 0.25) is 0 Å². The maximum atomic E-state index is 5.06. The molecule has 0 saturated carbocycles. The van der Waals surface area contributed by atoms with Crippen LogP contribution in [0.2, 0.25) is 0 Å². The van der Waals surface area contributed by atoms with Crippen molar-refractivity contribution < 1.29 is 4.74 Å². The largest absolute Gasteiger partial charge is 0.385 e. The highest BCUT2D eigenvalue weighted by Gasteiger charge is 2.13. The molecule has 0 spiro atoms. The molecule has 0 aliphatic heterocycles. The average molecular weight is 249 g/mol. The zero-order valence-corrected chi connectivity index (χ0v) is 12.0. The summed E-state index contributed by atoms with van der Waals surface area (Å²) in [4.78, 5) is 0. The number of methoxy groups -OCH3 is 1. The van der Waals surface area contributed by atoms with Crippen molar-refractivity contribution in [2.24, 2.45) is 5.92 Å². The zero-order valence-electron chi connectivity index (χ0n) is 12.0. The van der Waals surface area contributed by atoms with Gasteiger partial charge in [-0.15, -0.1) is 0 Å².